The van der Waals surface area contributed by atoms with E-state index in [1.807, 2.05) is 20.8 Å². The van der Waals surface area contributed by atoms with Gasteiger partial charge < -0.3 is 14.4 Å². The summed E-state index contributed by atoms with van der Waals surface area (Å²) in [5.74, 6) is 0.746. The minimum atomic E-state index is -0.526. The van der Waals surface area contributed by atoms with Crippen LogP contribution in [0.5, 0.6) is 5.88 Å². The Labute approximate surface area is 151 Å². The molecule has 0 N–H and O–H groups in total. The Balaban J connectivity index is 1.66. The van der Waals surface area contributed by atoms with Crippen molar-refractivity contribution in [3.63, 3.8) is 0 Å². The highest BCUT2D eigenvalue weighted by Crippen LogP contribution is 2.40. The normalized spacial score (nSPS) is 22.5. The van der Waals surface area contributed by atoms with Crippen molar-refractivity contribution in [3.05, 3.63) is 34.0 Å². The Morgan fingerprint density at radius 3 is 2.79 bits per heavy atom. The maximum absolute atomic E-state index is 12.5. The van der Waals surface area contributed by atoms with Crippen LogP contribution in [0.2, 0.25) is 10.2 Å². The lowest BCUT2D eigenvalue weighted by molar-refractivity contribution is 0.00670. The molecule has 1 aromatic heterocycles. The Kier molecular flexibility index (Phi) is 4.67. The maximum atomic E-state index is 12.5. The van der Waals surface area contributed by atoms with E-state index in [0.29, 0.717) is 30.0 Å². The predicted octanol–water partition coefficient (Wildman–Crippen LogP) is 4.33. The molecule has 2 heterocycles. The van der Waals surface area contributed by atoms with Crippen LogP contribution in [0.15, 0.2) is 23.8 Å². The zero-order valence-corrected chi connectivity index (χ0v) is 15.4. The summed E-state index contributed by atoms with van der Waals surface area (Å²) in [5, 5.41) is 0.734. The molecule has 1 aliphatic carbocycles. The van der Waals surface area contributed by atoms with Crippen molar-refractivity contribution in [1.29, 1.82) is 0 Å². The van der Waals surface area contributed by atoms with Crippen LogP contribution in [0.1, 0.15) is 27.2 Å². The molecule has 2 atom stereocenters. The molecule has 0 spiro atoms. The SMILES string of the molecule is CC(C)(C)OC(=O)N1C[C@H]2C=C2CC1COc1cc(Cl)cc(Cl)n1. The highest BCUT2D eigenvalue weighted by atomic mass is 35.5. The number of amides is 1. The van der Waals surface area contributed by atoms with Crippen LogP contribution in [0.25, 0.3) is 0 Å². The van der Waals surface area contributed by atoms with E-state index in [0.717, 1.165) is 6.42 Å². The number of likely N-dealkylation sites (tertiary alicyclic amines) is 1. The number of hydrogen-bond donors (Lipinski definition) is 0. The van der Waals surface area contributed by atoms with Gasteiger partial charge in [-0.1, -0.05) is 34.9 Å². The van der Waals surface area contributed by atoms with Gasteiger partial charge in [-0.15, -0.1) is 0 Å². The highest BCUT2D eigenvalue weighted by molar-refractivity contribution is 6.34. The van der Waals surface area contributed by atoms with Crippen LogP contribution in [0.4, 0.5) is 4.79 Å². The van der Waals surface area contributed by atoms with Gasteiger partial charge in [-0.05, 0) is 33.3 Å². The van der Waals surface area contributed by atoms with Gasteiger partial charge in [0.1, 0.15) is 17.4 Å². The first-order valence-corrected chi connectivity index (χ1v) is 8.63. The molecule has 1 aromatic rings. The number of halogens is 2. The first kappa shape index (κ1) is 17.4. The standard InChI is InChI=1S/C17H20Cl2N2O3/c1-17(2,3)24-16(22)21-8-11-4-10(11)5-13(21)9-23-15-7-12(18)6-14(19)20-15/h4,6-7,11,13H,5,8-9H2,1-3H3/t11-,13?/m1/s1. The molecule has 5 nitrogen and oxygen atoms in total. The topological polar surface area (TPSA) is 51.7 Å². The Morgan fingerprint density at radius 1 is 1.38 bits per heavy atom. The molecule has 1 aliphatic heterocycles. The van der Waals surface area contributed by atoms with Crippen molar-refractivity contribution in [3.8, 4) is 5.88 Å². The number of aromatic nitrogens is 1. The molecular weight excluding hydrogens is 351 g/mol. The molecular formula is C17H20Cl2N2O3. The first-order chi connectivity index (χ1) is 11.2. The third kappa shape index (κ3) is 4.33. The highest BCUT2D eigenvalue weighted by Gasteiger charge is 2.41. The monoisotopic (exact) mass is 370 g/mol. The Bertz CT molecular complexity index is 665. The summed E-state index contributed by atoms with van der Waals surface area (Å²) < 4.78 is 11.2. The fourth-order valence-electron chi connectivity index (χ4n) is 2.73. The number of carbonyl (C=O) groups excluding carboxylic acids is 1. The van der Waals surface area contributed by atoms with Crippen LogP contribution < -0.4 is 4.74 Å². The number of carbonyl (C=O) groups is 1. The summed E-state index contributed by atoms with van der Waals surface area (Å²) in [6.07, 6.45) is 2.66. The maximum Gasteiger partial charge on any atom is 0.410 e. The number of hydrogen-bond acceptors (Lipinski definition) is 4. The summed E-state index contributed by atoms with van der Waals surface area (Å²) in [4.78, 5) is 18.3. The van der Waals surface area contributed by atoms with Gasteiger partial charge in [0.05, 0.1) is 6.04 Å². The fraction of sp³-hybridized carbons (Fsp3) is 0.529. The van der Waals surface area contributed by atoms with E-state index < -0.39 is 5.60 Å². The minimum Gasteiger partial charge on any atom is -0.475 e. The molecule has 3 rings (SSSR count). The molecule has 2 aliphatic rings. The number of fused-ring (bicyclic) bond motifs is 1. The average Bonchev–Trinajstić information content (AvgIpc) is 3.19. The molecule has 1 saturated heterocycles. The van der Waals surface area contributed by atoms with Crippen molar-refractivity contribution in [1.82, 2.24) is 9.88 Å². The van der Waals surface area contributed by atoms with Gasteiger partial charge in [0.2, 0.25) is 5.88 Å². The smallest absolute Gasteiger partial charge is 0.410 e. The van der Waals surface area contributed by atoms with Gasteiger partial charge in [0, 0.05) is 23.6 Å². The van der Waals surface area contributed by atoms with Gasteiger partial charge in [0.25, 0.3) is 0 Å². The van der Waals surface area contributed by atoms with Gasteiger partial charge in [-0.25, -0.2) is 9.78 Å². The van der Waals surface area contributed by atoms with Gasteiger partial charge in [-0.3, -0.25) is 0 Å². The van der Waals surface area contributed by atoms with E-state index in [2.05, 4.69) is 11.1 Å². The lowest BCUT2D eigenvalue weighted by Gasteiger charge is -2.36. The zero-order valence-electron chi connectivity index (χ0n) is 13.9. The average molecular weight is 371 g/mol. The first-order valence-electron chi connectivity index (χ1n) is 7.87. The van der Waals surface area contributed by atoms with Gasteiger partial charge in [0.15, 0.2) is 0 Å². The van der Waals surface area contributed by atoms with Crippen molar-refractivity contribution in [2.24, 2.45) is 5.92 Å². The summed E-state index contributed by atoms with van der Waals surface area (Å²) in [6.45, 7) is 6.53. The second kappa shape index (κ2) is 6.45. The number of ether oxygens (including phenoxy) is 2. The van der Waals surface area contributed by atoms with Gasteiger partial charge in [-0.2, -0.15) is 0 Å². The second-order valence-corrected chi connectivity index (χ2v) is 7.92. The molecule has 24 heavy (non-hydrogen) atoms. The van der Waals surface area contributed by atoms with Crippen LogP contribution in [-0.2, 0) is 4.74 Å². The number of pyridine rings is 1. The molecule has 0 saturated carbocycles. The number of nitrogens with zero attached hydrogens (tertiary/aromatic N) is 2. The minimum absolute atomic E-state index is 0.0931. The van der Waals surface area contributed by atoms with Crippen LogP contribution in [-0.4, -0.2) is 40.8 Å². The van der Waals surface area contributed by atoms with Crippen molar-refractivity contribution < 1.29 is 14.3 Å². The number of rotatable bonds is 3. The van der Waals surface area contributed by atoms with E-state index in [9.17, 15) is 4.79 Å². The van der Waals surface area contributed by atoms with Crippen LogP contribution in [0.3, 0.4) is 0 Å². The number of piperidine rings is 1. The molecule has 0 bridgehead atoms. The van der Waals surface area contributed by atoms with Crippen molar-refractivity contribution in [2.45, 2.75) is 38.8 Å². The zero-order chi connectivity index (χ0) is 17.5. The van der Waals surface area contributed by atoms with Crippen LogP contribution in [0, 0.1) is 5.92 Å². The second-order valence-electron chi connectivity index (χ2n) is 7.10. The fourth-order valence-corrected chi connectivity index (χ4v) is 3.19. The summed E-state index contributed by atoms with van der Waals surface area (Å²) in [5.41, 5.74) is 0.849. The predicted molar refractivity (Wildman–Crippen MR) is 92.7 cm³/mol. The van der Waals surface area contributed by atoms with E-state index >= 15 is 0 Å². The summed E-state index contributed by atoms with van der Waals surface area (Å²) in [6, 6.07) is 3.06. The Hall–Kier alpha value is -1.46. The molecule has 1 unspecified atom stereocenters. The third-order valence-corrected chi connectivity index (χ3v) is 4.29. The molecule has 1 amide bonds. The van der Waals surface area contributed by atoms with E-state index in [1.165, 1.54) is 5.57 Å². The summed E-state index contributed by atoms with van der Waals surface area (Å²) >= 11 is 11.8. The molecule has 7 heteroatoms. The summed E-state index contributed by atoms with van der Waals surface area (Å²) in [7, 11) is 0. The largest absolute Gasteiger partial charge is 0.475 e. The Morgan fingerprint density at radius 2 is 2.12 bits per heavy atom. The van der Waals surface area contributed by atoms with Gasteiger partial charge >= 0.3 is 6.09 Å². The van der Waals surface area contributed by atoms with E-state index in [4.69, 9.17) is 32.7 Å². The third-order valence-electron chi connectivity index (χ3n) is 3.87. The van der Waals surface area contributed by atoms with E-state index in [1.54, 1.807) is 17.0 Å². The van der Waals surface area contributed by atoms with E-state index in [-0.39, 0.29) is 17.3 Å². The van der Waals surface area contributed by atoms with Crippen molar-refractivity contribution >= 4 is 29.3 Å². The molecule has 130 valence electrons. The lowest BCUT2D eigenvalue weighted by Crippen LogP contribution is -2.49. The van der Waals surface area contributed by atoms with Crippen LogP contribution >= 0.6 is 23.2 Å². The van der Waals surface area contributed by atoms with Crippen molar-refractivity contribution in [2.75, 3.05) is 13.2 Å². The molecule has 0 radical (unpaired) electrons. The lowest BCUT2D eigenvalue weighted by atomic mass is 10.0. The quantitative estimate of drug-likeness (QED) is 0.586. The molecule has 1 fully saturated rings. The molecule has 0 aromatic carbocycles.